The van der Waals surface area contributed by atoms with Crippen molar-refractivity contribution in [2.75, 3.05) is 7.05 Å². The lowest BCUT2D eigenvalue weighted by Gasteiger charge is -2.39. The van der Waals surface area contributed by atoms with Crippen molar-refractivity contribution in [2.45, 2.75) is 58.4 Å². The minimum absolute atomic E-state index is 0.311. The maximum Gasteiger partial charge on any atom is 0.0471 e. The Morgan fingerprint density at radius 2 is 2.28 bits per heavy atom. The van der Waals surface area contributed by atoms with E-state index in [1.807, 2.05) is 13.2 Å². The van der Waals surface area contributed by atoms with Gasteiger partial charge in [0, 0.05) is 23.9 Å². The Labute approximate surface area is 111 Å². The molecule has 1 aromatic heterocycles. The average Bonchev–Trinajstić information content (AvgIpc) is 2.37. The zero-order valence-corrected chi connectivity index (χ0v) is 12.2. The molecule has 0 bridgehead atoms. The molecule has 18 heavy (non-hydrogen) atoms. The summed E-state index contributed by atoms with van der Waals surface area (Å²) in [5, 5.41) is 3.36. The SMILES string of the molecule is CNC(C)CC(C)(C)C1CCCc2cccnc21. The second-order valence-corrected chi connectivity index (χ2v) is 6.38. The molecule has 2 atom stereocenters. The van der Waals surface area contributed by atoms with Crippen molar-refractivity contribution in [2.24, 2.45) is 5.41 Å². The molecule has 2 heteroatoms. The highest BCUT2D eigenvalue weighted by Crippen LogP contribution is 2.45. The van der Waals surface area contributed by atoms with E-state index >= 15 is 0 Å². The van der Waals surface area contributed by atoms with Crippen molar-refractivity contribution in [1.29, 1.82) is 0 Å². The van der Waals surface area contributed by atoms with E-state index < -0.39 is 0 Å². The van der Waals surface area contributed by atoms with Crippen LogP contribution in [0.25, 0.3) is 0 Å². The van der Waals surface area contributed by atoms with Crippen LogP contribution in [0.5, 0.6) is 0 Å². The van der Waals surface area contributed by atoms with Crippen LogP contribution in [0.15, 0.2) is 18.3 Å². The van der Waals surface area contributed by atoms with Crippen LogP contribution in [0.1, 0.15) is 57.2 Å². The first-order valence-corrected chi connectivity index (χ1v) is 7.15. The normalized spacial score (nSPS) is 21.4. The van der Waals surface area contributed by atoms with Crippen molar-refractivity contribution in [3.8, 4) is 0 Å². The summed E-state index contributed by atoms with van der Waals surface area (Å²) in [7, 11) is 2.05. The van der Waals surface area contributed by atoms with E-state index in [1.54, 1.807) is 0 Å². The van der Waals surface area contributed by atoms with Gasteiger partial charge in [0.2, 0.25) is 0 Å². The van der Waals surface area contributed by atoms with Crippen LogP contribution in [0.4, 0.5) is 0 Å². The Bertz CT molecular complexity index is 398. The molecule has 2 unspecified atom stereocenters. The number of fused-ring (bicyclic) bond motifs is 1. The predicted molar refractivity (Wildman–Crippen MR) is 76.8 cm³/mol. The number of nitrogens with zero attached hydrogens (tertiary/aromatic N) is 1. The van der Waals surface area contributed by atoms with Gasteiger partial charge in [-0.2, -0.15) is 0 Å². The van der Waals surface area contributed by atoms with Gasteiger partial charge < -0.3 is 5.32 Å². The van der Waals surface area contributed by atoms with Gasteiger partial charge in [-0.1, -0.05) is 19.9 Å². The van der Waals surface area contributed by atoms with E-state index in [9.17, 15) is 0 Å². The molecule has 0 radical (unpaired) electrons. The minimum Gasteiger partial charge on any atom is -0.317 e. The fourth-order valence-corrected chi connectivity index (χ4v) is 3.40. The highest BCUT2D eigenvalue weighted by atomic mass is 14.9. The summed E-state index contributed by atoms with van der Waals surface area (Å²) in [4.78, 5) is 4.68. The molecule has 1 aliphatic carbocycles. The van der Waals surface area contributed by atoms with Gasteiger partial charge in [0.05, 0.1) is 0 Å². The van der Waals surface area contributed by atoms with E-state index in [1.165, 1.54) is 36.9 Å². The largest absolute Gasteiger partial charge is 0.317 e. The highest BCUT2D eigenvalue weighted by Gasteiger charge is 2.35. The summed E-state index contributed by atoms with van der Waals surface area (Å²) in [5.74, 6) is 0.609. The van der Waals surface area contributed by atoms with Crippen molar-refractivity contribution in [1.82, 2.24) is 10.3 Å². The Balaban J connectivity index is 2.23. The molecule has 0 fully saturated rings. The first-order valence-electron chi connectivity index (χ1n) is 7.15. The van der Waals surface area contributed by atoms with Gasteiger partial charge >= 0.3 is 0 Å². The van der Waals surface area contributed by atoms with E-state index in [0.717, 1.165) is 0 Å². The molecule has 1 aromatic rings. The summed E-state index contributed by atoms with van der Waals surface area (Å²) < 4.78 is 0. The van der Waals surface area contributed by atoms with Crippen LogP contribution in [0, 0.1) is 5.41 Å². The molecular formula is C16H26N2. The molecule has 2 rings (SSSR count). The van der Waals surface area contributed by atoms with Crippen molar-refractivity contribution >= 4 is 0 Å². The maximum atomic E-state index is 4.68. The Kier molecular flexibility index (Phi) is 4.06. The zero-order valence-electron chi connectivity index (χ0n) is 12.2. The van der Waals surface area contributed by atoms with Gasteiger partial charge in [-0.25, -0.2) is 0 Å². The van der Waals surface area contributed by atoms with Gasteiger partial charge in [0.1, 0.15) is 0 Å². The number of aryl methyl sites for hydroxylation is 1. The molecule has 0 aromatic carbocycles. The van der Waals surface area contributed by atoms with Crippen molar-refractivity contribution in [3.05, 3.63) is 29.6 Å². The van der Waals surface area contributed by atoms with E-state index in [2.05, 4.69) is 43.2 Å². The number of nitrogens with one attached hydrogen (secondary N) is 1. The molecule has 0 saturated heterocycles. The molecule has 2 nitrogen and oxygen atoms in total. The number of pyridine rings is 1. The molecule has 0 amide bonds. The quantitative estimate of drug-likeness (QED) is 0.879. The van der Waals surface area contributed by atoms with Gasteiger partial charge in [-0.3, -0.25) is 4.98 Å². The summed E-state index contributed by atoms with van der Waals surface area (Å²) in [6, 6.07) is 4.89. The molecule has 100 valence electrons. The highest BCUT2D eigenvalue weighted by molar-refractivity contribution is 5.27. The number of hydrogen-bond donors (Lipinski definition) is 1. The first kappa shape index (κ1) is 13.5. The smallest absolute Gasteiger partial charge is 0.0471 e. The van der Waals surface area contributed by atoms with E-state index in [-0.39, 0.29) is 0 Å². The summed E-state index contributed by atoms with van der Waals surface area (Å²) in [6.45, 7) is 7.06. The Hall–Kier alpha value is -0.890. The molecule has 0 spiro atoms. The maximum absolute atomic E-state index is 4.68. The van der Waals surface area contributed by atoms with Crippen LogP contribution in [0.2, 0.25) is 0 Å². The van der Waals surface area contributed by atoms with Gasteiger partial charge in [-0.05, 0) is 56.7 Å². The van der Waals surface area contributed by atoms with Crippen LogP contribution in [-0.4, -0.2) is 18.1 Å². The molecular weight excluding hydrogens is 220 g/mol. The lowest BCUT2D eigenvalue weighted by Crippen LogP contribution is -2.34. The number of hydrogen-bond acceptors (Lipinski definition) is 2. The molecule has 0 aliphatic heterocycles. The monoisotopic (exact) mass is 246 g/mol. The Morgan fingerprint density at radius 1 is 1.50 bits per heavy atom. The Morgan fingerprint density at radius 3 is 3.00 bits per heavy atom. The lowest BCUT2D eigenvalue weighted by atomic mass is 9.67. The second-order valence-electron chi connectivity index (χ2n) is 6.38. The molecule has 1 aliphatic rings. The van der Waals surface area contributed by atoms with E-state index in [0.29, 0.717) is 17.4 Å². The molecule has 1 heterocycles. The molecule has 1 N–H and O–H groups in total. The van der Waals surface area contributed by atoms with E-state index in [4.69, 9.17) is 0 Å². The van der Waals surface area contributed by atoms with Gasteiger partial charge in [-0.15, -0.1) is 0 Å². The fraction of sp³-hybridized carbons (Fsp3) is 0.688. The zero-order chi connectivity index (χ0) is 13.2. The van der Waals surface area contributed by atoms with Crippen molar-refractivity contribution in [3.63, 3.8) is 0 Å². The van der Waals surface area contributed by atoms with Crippen LogP contribution in [-0.2, 0) is 6.42 Å². The van der Waals surface area contributed by atoms with Gasteiger partial charge in [0.25, 0.3) is 0 Å². The third-order valence-corrected chi connectivity index (χ3v) is 4.46. The standard InChI is InChI=1S/C16H26N2/c1-12(17-4)11-16(2,3)14-9-5-7-13-8-6-10-18-15(13)14/h6,8,10,12,14,17H,5,7,9,11H2,1-4H3. The third-order valence-electron chi connectivity index (χ3n) is 4.46. The fourth-order valence-electron chi connectivity index (χ4n) is 3.40. The molecule has 0 saturated carbocycles. The summed E-state index contributed by atoms with van der Waals surface area (Å²) in [5.41, 5.74) is 3.14. The van der Waals surface area contributed by atoms with Crippen LogP contribution in [0.3, 0.4) is 0 Å². The average molecular weight is 246 g/mol. The predicted octanol–water partition coefficient (Wildman–Crippen LogP) is 3.53. The third kappa shape index (κ3) is 2.74. The number of rotatable bonds is 4. The summed E-state index contributed by atoms with van der Waals surface area (Å²) >= 11 is 0. The topological polar surface area (TPSA) is 24.9 Å². The lowest BCUT2D eigenvalue weighted by molar-refractivity contribution is 0.213. The van der Waals surface area contributed by atoms with Crippen LogP contribution < -0.4 is 5.32 Å². The number of aromatic nitrogens is 1. The van der Waals surface area contributed by atoms with Crippen LogP contribution >= 0.6 is 0 Å². The van der Waals surface area contributed by atoms with Gasteiger partial charge in [0.15, 0.2) is 0 Å². The summed E-state index contributed by atoms with van der Waals surface area (Å²) in [6.07, 6.45) is 6.95. The van der Waals surface area contributed by atoms with Crippen molar-refractivity contribution < 1.29 is 0 Å². The second kappa shape index (κ2) is 5.40. The minimum atomic E-state index is 0.311. The first-order chi connectivity index (χ1) is 8.54.